The van der Waals surface area contributed by atoms with Crippen molar-refractivity contribution in [2.24, 2.45) is 0 Å². The van der Waals surface area contributed by atoms with Gasteiger partial charge in [0.05, 0.1) is 17.0 Å². The van der Waals surface area contributed by atoms with Gasteiger partial charge in [0.15, 0.2) is 0 Å². The fraction of sp³-hybridized carbons (Fsp3) is 0.500. The topological polar surface area (TPSA) is 23.8 Å². The Labute approximate surface area is 64.9 Å². The predicted molar refractivity (Wildman–Crippen MR) is 39.5 cm³/mol. The van der Waals surface area contributed by atoms with Gasteiger partial charge in [-0.25, -0.2) is 0 Å². The molecule has 0 aromatic heterocycles. The third kappa shape index (κ3) is 2.74. The van der Waals surface area contributed by atoms with Gasteiger partial charge in [-0.2, -0.15) is 5.26 Å². The number of rotatable bonds is 1. The van der Waals surface area contributed by atoms with Crippen molar-refractivity contribution in [1.82, 2.24) is 0 Å². The molecule has 0 N–H and O–H groups in total. The van der Waals surface area contributed by atoms with E-state index < -0.39 is 0 Å². The van der Waals surface area contributed by atoms with E-state index in [0.717, 1.165) is 0 Å². The molecule has 0 bridgehead atoms. The minimum Gasteiger partial charge on any atom is -0.193 e. The lowest BCUT2D eigenvalue weighted by Gasteiger charge is -1.98. The Morgan fingerprint density at radius 1 is 1.67 bits per heavy atom. The maximum atomic E-state index is 8.39. The quantitative estimate of drug-likeness (QED) is 0.431. The fourth-order valence-electron chi connectivity index (χ4n) is 0.440. The Kier molecular flexibility index (Phi) is 3.68. The highest BCUT2D eigenvalue weighted by molar-refractivity contribution is 6.31. The summed E-state index contributed by atoms with van der Waals surface area (Å²) in [6.45, 7) is 3.37. The maximum Gasteiger partial charge on any atom is 0.0974 e. The van der Waals surface area contributed by atoms with Gasteiger partial charge < -0.3 is 0 Å². The van der Waals surface area contributed by atoms with Crippen molar-refractivity contribution in [2.75, 3.05) is 0 Å². The van der Waals surface area contributed by atoms with Crippen molar-refractivity contribution in [2.45, 2.75) is 19.2 Å². The smallest absolute Gasteiger partial charge is 0.0974 e. The molecular weight excluding hydrogens is 157 g/mol. The maximum absolute atomic E-state index is 8.39. The summed E-state index contributed by atoms with van der Waals surface area (Å²) in [6.07, 6.45) is 0. The van der Waals surface area contributed by atoms with Crippen LogP contribution in [0.1, 0.15) is 13.8 Å². The van der Waals surface area contributed by atoms with Crippen molar-refractivity contribution in [3.8, 4) is 6.07 Å². The molecule has 9 heavy (non-hydrogen) atoms. The summed E-state index contributed by atoms with van der Waals surface area (Å²) in [5.74, 6) is 0. The zero-order valence-corrected chi connectivity index (χ0v) is 6.79. The lowest BCUT2D eigenvalue weighted by molar-refractivity contribution is 1.14. The molecule has 0 rings (SSSR count). The van der Waals surface area contributed by atoms with Crippen LogP contribution in [0.25, 0.3) is 0 Å². The van der Waals surface area contributed by atoms with Gasteiger partial charge in [0.25, 0.3) is 0 Å². The predicted octanol–water partition coefficient (Wildman–Crippen LogP) is 2.65. The minimum atomic E-state index is -0.285. The van der Waals surface area contributed by atoms with E-state index in [4.69, 9.17) is 28.5 Å². The van der Waals surface area contributed by atoms with Crippen LogP contribution in [0.5, 0.6) is 0 Å². The summed E-state index contributed by atoms with van der Waals surface area (Å²) >= 11 is 11.1. The van der Waals surface area contributed by atoms with E-state index >= 15 is 0 Å². The van der Waals surface area contributed by atoms with E-state index in [1.54, 1.807) is 13.8 Å². The van der Waals surface area contributed by atoms with E-state index in [1.807, 2.05) is 6.07 Å². The Bertz CT molecular complexity index is 160. The highest BCUT2D eigenvalue weighted by atomic mass is 35.5. The van der Waals surface area contributed by atoms with Gasteiger partial charge >= 0.3 is 0 Å². The summed E-state index contributed by atoms with van der Waals surface area (Å²) in [4.78, 5) is 0. The van der Waals surface area contributed by atoms with Crippen LogP contribution < -0.4 is 0 Å². The Hall–Kier alpha value is -0.190. The Balaban J connectivity index is 4.41. The zero-order valence-electron chi connectivity index (χ0n) is 5.28. The lowest BCUT2D eigenvalue weighted by Crippen LogP contribution is -1.94. The molecule has 0 aliphatic heterocycles. The van der Waals surface area contributed by atoms with Gasteiger partial charge in [0.1, 0.15) is 0 Å². The van der Waals surface area contributed by atoms with Crippen LogP contribution in [0.2, 0.25) is 0 Å². The number of nitrogens with zero attached hydrogens (tertiary/aromatic N) is 1. The number of allylic oxidation sites excluding steroid dienone is 2. The second kappa shape index (κ2) is 3.76. The number of hydrogen-bond donors (Lipinski definition) is 0. The molecule has 3 heteroatoms. The van der Waals surface area contributed by atoms with E-state index in [0.29, 0.717) is 10.6 Å². The molecule has 0 aliphatic carbocycles. The molecular formula is C6H7Cl2N. The fourth-order valence-corrected chi connectivity index (χ4v) is 0.914. The molecule has 0 amide bonds. The van der Waals surface area contributed by atoms with Crippen LogP contribution in [0.4, 0.5) is 0 Å². The molecule has 1 atom stereocenters. The first-order chi connectivity index (χ1) is 4.09. The molecule has 0 aromatic carbocycles. The first kappa shape index (κ1) is 8.81. The SMILES string of the molecule is CC(Cl)=C(C#N)C(C)Cl. The molecule has 0 fully saturated rings. The summed E-state index contributed by atoms with van der Waals surface area (Å²) in [7, 11) is 0. The lowest BCUT2D eigenvalue weighted by atomic mass is 10.2. The molecule has 0 heterocycles. The van der Waals surface area contributed by atoms with Gasteiger partial charge in [-0.1, -0.05) is 11.6 Å². The minimum absolute atomic E-state index is 0.285. The van der Waals surface area contributed by atoms with Crippen LogP contribution in [-0.4, -0.2) is 5.38 Å². The van der Waals surface area contributed by atoms with Crippen molar-refractivity contribution in [1.29, 1.82) is 5.26 Å². The molecule has 0 aromatic rings. The number of halogens is 2. The van der Waals surface area contributed by atoms with Crippen LogP contribution >= 0.6 is 23.2 Å². The van der Waals surface area contributed by atoms with E-state index in [2.05, 4.69) is 0 Å². The van der Waals surface area contributed by atoms with E-state index in [1.165, 1.54) is 0 Å². The number of hydrogen-bond acceptors (Lipinski definition) is 1. The molecule has 1 unspecified atom stereocenters. The Morgan fingerprint density at radius 2 is 2.11 bits per heavy atom. The van der Waals surface area contributed by atoms with Crippen molar-refractivity contribution >= 4 is 23.2 Å². The first-order valence-corrected chi connectivity index (χ1v) is 3.31. The molecule has 0 saturated carbocycles. The summed E-state index contributed by atoms with van der Waals surface area (Å²) < 4.78 is 0. The molecule has 50 valence electrons. The Morgan fingerprint density at radius 3 is 2.11 bits per heavy atom. The van der Waals surface area contributed by atoms with E-state index in [-0.39, 0.29) is 5.38 Å². The molecule has 0 spiro atoms. The molecule has 0 radical (unpaired) electrons. The van der Waals surface area contributed by atoms with Crippen molar-refractivity contribution < 1.29 is 0 Å². The highest BCUT2D eigenvalue weighted by Gasteiger charge is 2.05. The standard InChI is InChI=1S/C6H7Cl2N/c1-4(7)6(3-9)5(2)8/h4H,1-2H3. The molecule has 0 saturated heterocycles. The molecule has 1 nitrogen and oxygen atoms in total. The average molecular weight is 164 g/mol. The van der Waals surface area contributed by atoms with Crippen LogP contribution in [-0.2, 0) is 0 Å². The normalized spacial score (nSPS) is 15.9. The van der Waals surface area contributed by atoms with Crippen molar-refractivity contribution in [3.63, 3.8) is 0 Å². The van der Waals surface area contributed by atoms with Gasteiger partial charge in [-0.15, -0.1) is 11.6 Å². The highest BCUT2D eigenvalue weighted by Crippen LogP contribution is 2.15. The second-order valence-electron chi connectivity index (χ2n) is 1.67. The summed E-state index contributed by atoms with van der Waals surface area (Å²) in [5, 5.41) is 8.58. The molecule has 0 aliphatic rings. The van der Waals surface area contributed by atoms with Gasteiger partial charge in [0.2, 0.25) is 0 Å². The van der Waals surface area contributed by atoms with Crippen LogP contribution in [0, 0.1) is 11.3 Å². The largest absolute Gasteiger partial charge is 0.193 e. The van der Waals surface area contributed by atoms with Crippen LogP contribution in [0.15, 0.2) is 10.6 Å². The monoisotopic (exact) mass is 163 g/mol. The summed E-state index contributed by atoms with van der Waals surface area (Å²) in [6, 6.07) is 1.92. The number of nitriles is 1. The first-order valence-electron chi connectivity index (χ1n) is 2.50. The van der Waals surface area contributed by atoms with Crippen molar-refractivity contribution in [3.05, 3.63) is 10.6 Å². The third-order valence-corrected chi connectivity index (χ3v) is 1.31. The van der Waals surface area contributed by atoms with Crippen LogP contribution in [0.3, 0.4) is 0 Å². The van der Waals surface area contributed by atoms with Gasteiger partial charge in [-0.05, 0) is 13.8 Å². The zero-order chi connectivity index (χ0) is 7.44. The number of alkyl halides is 1. The van der Waals surface area contributed by atoms with E-state index in [9.17, 15) is 0 Å². The van der Waals surface area contributed by atoms with Gasteiger partial charge in [0, 0.05) is 5.03 Å². The second-order valence-corrected chi connectivity index (χ2v) is 2.90. The third-order valence-electron chi connectivity index (χ3n) is 0.889. The average Bonchev–Trinajstić information content (AvgIpc) is 1.64. The van der Waals surface area contributed by atoms with Gasteiger partial charge in [-0.3, -0.25) is 0 Å². The summed E-state index contributed by atoms with van der Waals surface area (Å²) in [5.41, 5.74) is 0.443.